The number of anilines is 1. The van der Waals surface area contributed by atoms with Crippen molar-refractivity contribution in [2.24, 2.45) is 0 Å². The first-order chi connectivity index (χ1) is 11.7. The highest BCUT2D eigenvalue weighted by Gasteiger charge is 2.03. The zero-order chi connectivity index (χ0) is 16.8. The highest BCUT2D eigenvalue weighted by molar-refractivity contribution is 9.11. The Morgan fingerprint density at radius 3 is 1.76 bits per heavy atom. The number of aromatic nitrogens is 6. The van der Waals surface area contributed by atoms with Crippen LogP contribution in [0.3, 0.4) is 0 Å². The zero-order valence-electron chi connectivity index (χ0n) is 12.5. The fourth-order valence-corrected chi connectivity index (χ4v) is 3.35. The molecule has 0 radical (unpaired) electrons. The summed E-state index contributed by atoms with van der Waals surface area (Å²) in [5.41, 5.74) is 7.39. The van der Waals surface area contributed by atoms with Crippen molar-refractivity contribution < 1.29 is 0 Å². The van der Waals surface area contributed by atoms with Gasteiger partial charge in [-0.25, -0.2) is 0 Å². The van der Waals surface area contributed by atoms with E-state index >= 15 is 0 Å². The average Bonchev–Trinajstić information content (AvgIpc) is 3.26. The summed E-state index contributed by atoms with van der Waals surface area (Å²) in [5, 5.41) is 17.6. The predicted octanol–water partition coefficient (Wildman–Crippen LogP) is 4.12. The summed E-state index contributed by atoms with van der Waals surface area (Å²) in [6, 6.07) is 7.62. The Labute approximate surface area is 170 Å². The van der Waals surface area contributed by atoms with Gasteiger partial charge in [-0.05, 0) is 40.2 Å². The SMILES string of the molecule is Br.Brc1nnc(-c2cccnc2)s1.Nc1nnc(-c2cccnc2)s1. The van der Waals surface area contributed by atoms with Gasteiger partial charge in [0.25, 0.3) is 0 Å². The van der Waals surface area contributed by atoms with E-state index in [-0.39, 0.29) is 17.0 Å². The number of nitrogens with two attached hydrogens (primary N) is 1. The van der Waals surface area contributed by atoms with Crippen LogP contribution >= 0.6 is 55.6 Å². The number of hydrogen-bond donors (Lipinski definition) is 1. The summed E-state index contributed by atoms with van der Waals surface area (Å²) in [5.74, 6) is 0. The lowest BCUT2D eigenvalue weighted by Crippen LogP contribution is -1.80. The number of nitrogen functional groups attached to an aromatic ring is 1. The predicted molar refractivity (Wildman–Crippen MR) is 109 cm³/mol. The van der Waals surface area contributed by atoms with Crippen molar-refractivity contribution in [2.75, 3.05) is 5.73 Å². The highest BCUT2D eigenvalue weighted by Crippen LogP contribution is 2.25. The van der Waals surface area contributed by atoms with Gasteiger partial charge in [-0.3, -0.25) is 9.97 Å². The molecule has 0 bridgehead atoms. The van der Waals surface area contributed by atoms with E-state index < -0.39 is 0 Å². The van der Waals surface area contributed by atoms with Crippen LogP contribution in [-0.2, 0) is 0 Å². The van der Waals surface area contributed by atoms with Crippen LogP contribution in [-0.4, -0.2) is 30.4 Å². The molecule has 0 aliphatic heterocycles. The Morgan fingerprint density at radius 1 is 0.800 bits per heavy atom. The molecule has 0 atom stereocenters. The molecular weight excluding hydrogens is 490 g/mol. The third-order valence-corrected chi connectivity index (χ3v) is 4.86. The molecule has 0 saturated heterocycles. The molecule has 11 heteroatoms. The van der Waals surface area contributed by atoms with E-state index in [2.05, 4.69) is 46.3 Å². The molecular formula is C14H11Br2N7S2. The lowest BCUT2D eigenvalue weighted by atomic mass is 10.3. The summed E-state index contributed by atoms with van der Waals surface area (Å²) < 4.78 is 0.793. The van der Waals surface area contributed by atoms with E-state index in [0.717, 1.165) is 25.1 Å². The number of nitrogens with zero attached hydrogens (tertiary/aromatic N) is 6. The standard InChI is InChI=1S/C7H4BrN3S.C7H6N4S.BrH/c2*8-7-11-10-6(12-7)5-2-1-3-9-4-5;/h1-4H;1-4H,(H2,8,11);1H. The van der Waals surface area contributed by atoms with Gasteiger partial charge in [0.15, 0.2) is 8.92 Å². The van der Waals surface area contributed by atoms with Crippen molar-refractivity contribution in [3.8, 4) is 21.1 Å². The molecule has 4 aromatic heterocycles. The molecule has 0 aromatic carbocycles. The van der Waals surface area contributed by atoms with E-state index in [4.69, 9.17) is 5.73 Å². The minimum Gasteiger partial charge on any atom is -0.374 e. The van der Waals surface area contributed by atoms with Gasteiger partial charge in [-0.15, -0.1) is 37.4 Å². The van der Waals surface area contributed by atoms with Crippen LogP contribution in [0.15, 0.2) is 53.0 Å². The van der Waals surface area contributed by atoms with E-state index in [1.807, 2.05) is 24.3 Å². The average molecular weight is 501 g/mol. The Hall–Kier alpha value is -1.82. The van der Waals surface area contributed by atoms with Gasteiger partial charge < -0.3 is 5.73 Å². The molecule has 0 spiro atoms. The smallest absolute Gasteiger partial charge is 0.203 e. The third-order valence-electron chi connectivity index (χ3n) is 2.66. The van der Waals surface area contributed by atoms with E-state index in [1.165, 1.54) is 22.7 Å². The minimum absolute atomic E-state index is 0. The van der Waals surface area contributed by atoms with Crippen LogP contribution in [0.4, 0.5) is 5.13 Å². The Kier molecular flexibility index (Phi) is 7.50. The molecule has 0 unspecified atom stereocenters. The van der Waals surface area contributed by atoms with Crippen LogP contribution in [0.25, 0.3) is 21.1 Å². The second-order valence-electron chi connectivity index (χ2n) is 4.29. The number of halogens is 2. The largest absolute Gasteiger partial charge is 0.374 e. The summed E-state index contributed by atoms with van der Waals surface area (Å²) in [7, 11) is 0. The molecule has 4 heterocycles. The maximum atomic E-state index is 5.44. The van der Waals surface area contributed by atoms with Crippen molar-refractivity contribution >= 4 is 60.7 Å². The van der Waals surface area contributed by atoms with Crippen LogP contribution in [0.2, 0.25) is 0 Å². The lowest BCUT2D eigenvalue weighted by Gasteiger charge is -1.89. The topological polar surface area (TPSA) is 103 Å². The van der Waals surface area contributed by atoms with Gasteiger partial charge in [0.1, 0.15) is 5.01 Å². The maximum absolute atomic E-state index is 5.44. The zero-order valence-corrected chi connectivity index (χ0v) is 17.4. The number of hydrogen-bond acceptors (Lipinski definition) is 9. The molecule has 7 nitrogen and oxygen atoms in total. The number of rotatable bonds is 2. The third kappa shape index (κ3) is 5.59. The molecule has 0 aliphatic carbocycles. The van der Waals surface area contributed by atoms with E-state index in [1.54, 1.807) is 24.8 Å². The van der Waals surface area contributed by atoms with Crippen molar-refractivity contribution in [1.29, 1.82) is 0 Å². The first-order valence-corrected chi connectivity index (χ1v) is 9.04. The highest BCUT2D eigenvalue weighted by atomic mass is 79.9. The van der Waals surface area contributed by atoms with Gasteiger partial charge in [-0.2, -0.15) is 0 Å². The molecule has 2 N–H and O–H groups in total. The summed E-state index contributed by atoms with van der Waals surface area (Å²) in [4.78, 5) is 7.96. The molecule has 4 rings (SSSR count). The Morgan fingerprint density at radius 2 is 1.36 bits per heavy atom. The maximum Gasteiger partial charge on any atom is 0.203 e. The monoisotopic (exact) mass is 499 g/mol. The van der Waals surface area contributed by atoms with Crippen molar-refractivity contribution in [3.05, 3.63) is 53.0 Å². The van der Waals surface area contributed by atoms with Crippen LogP contribution < -0.4 is 5.73 Å². The molecule has 0 amide bonds. The van der Waals surface area contributed by atoms with Crippen molar-refractivity contribution in [2.45, 2.75) is 0 Å². The van der Waals surface area contributed by atoms with Crippen molar-refractivity contribution in [1.82, 2.24) is 30.4 Å². The normalized spacial score (nSPS) is 9.64. The first-order valence-electron chi connectivity index (χ1n) is 6.61. The van der Waals surface area contributed by atoms with Gasteiger partial charge in [-0.1, -0.05) is 22.7 Å². The lowest BCUT2D eigenvalue weighted by molar-refractivity contribution is 1.07. The Balaban J connectivity index is 0.000000173. The fourth-order valence-electron chi connectivity index (χ4n) is 1.65. The molecule has 0 fully saturated rings. The van der Waals surface area contributed by atoms with Crippen molar-refractivity contribution in [3.63, 3.8) is 0 Å². The molecule has 128 valence electrons. The fraction of sp³-hybridized carbons (Fsp3) is 0. The molecule has 0 aliphatic rings. The summed E-state index contributed by atoms with van der Waals surface area (Å²) >= 11 is 6.11. The number of pyridine rings is 2. The second-order valence-corrected chi connectivity index (χ2v) is 7.55. The first kappa shape index (κ1) is 19.5. The van der Waals surface area contributed by atoms with Gasteiger partial charge in [0.2, 0.25) is 5.13 Å². The van der Waals surface area contributed by atoms with Crippen LogP contribution in [0, 0.1) is 0 Å². The summed E-state index contributed by atoms with van der Waals surface area (Å²) in [6.45, 7) is 0. The van der Waals surface area contributed by atoms with Crippen LogP contribution in [0.1, 0.15) is 0 Å². The molecule has 4 aromatic rings. The second kappa shape index (κ2) is 9.61. The van der Waals surface area contributed by atoms with Gasteiger partial charge >= 0.3 is 0 Å². The minimum atomic E-state index is 0. The molecule has 25 heavy (non-hydrogen) atoms. The van der Waals surface area contributed by atoms with E-state index in [0.29, 0.717) is 5.13 Å². The van der Waals surface area contributed by atoms with Crippen LogP contribution in [0.5, 0.6) is 0 Å². The Bertz CT molecular complexity index is 824. The van der Waals surface area contributed by atoms with Gasteiger partial charge in [0, 0.05) is 35.9 Å². The molecule has 0 saturated carbocycles. The quantitative estimate of drug-likeness (QED) is 0.441. The van der Waals surface area contributed by atoms with Gasteiger partial charge in [0.05, 0.1) is 0 Å². The summed E-state index contributed by atoms with van der Waals surface area (Å²) in [6.07, 6.45) is 6.96. The van der Waals surface area contributed by atoms with E-state index in [9.17, 15) is 0 Å².